The quantitative estimate of drug-likeness (QED) is 0.501. The second-order valence-corrected chi connectivity index (χ2v) is 4.99. The van der Waals surface area contributed by atoms with Gasteiger partial charge in [0.15, 0.2) is 0 Å². The largest absolute Gasteiger partial charge is 0.0885 e. The molecule has 0 atom stereocenters. The van der Waals surface area contributed by atoms with Crippen LogP contribution in [0.4, 0.5) is 0 Å². The minimum absolute atomic E-state index is 1.14. The van der Waals surface area contributed by atoms with E-state index in [9.17, 15) is 0 Å². The second-order valence-electron chi connectivity index (χ2n) is 4.99. The molecule has 0 heterocycles. The maximum atomic E-state index is 3.70. The van der Waals surface area contributed by atoms with Gasteiger partial charge in [0, 0.05) is 0 Å². The minimum Gasteiger partial charge on any atom is -0.0885 e. The van der Waals surface area contributed by atoms with E-state index in [0.29, 0.717) is 0 Å². The van der Waals surface area contributed by atoms with Crippen LogP contribution in [0.25, 0.3) is 0 Å². The molecule has 1 rings (SSSR count). The summed E-state index contributed by atoms with van der Waals surface area (Å²) in [7, 11) is 0. The van der Waals surface area contributed by atoms with Crippen LogP contribution in [-0.4, -0.2) is 0 Å². The number of benzene rings is 1. The van der Waals surface area contributed by atoms with Crippen LogP contribution in [0.3, 0.4) is 0 Å². The fourth-order valence-electron chi connectivity index (χ4n) is 2.17. The van der Waals surface area contributed by atoms with Crippen molar-refractivity contribution in [3.63, 3.8) is 0 Å². The third kappa shape index (κ3) is 6.64. The Bertz CT molecular complexity index is 318. The molecule has 0 saturated carbocycles. The first-order valence-corrected chi connectivity index (χ1v) is 7.39. The average molecular weight is 243 g/mol. The van der Waals surface area contributed by atoms with Crippen LogP contribution in [0.2, 0.25) is 0 Å². The zero-order valence-electron chi connectivity index (χ0n) is 11.8. The van der Waals surface area contributed by atoms with Crippen molar-refractivity contribution in [2.75, 3.05) is 0 Å². The van der Waals surface area contributed by atoms with Crippen LogP contribution >= 0.6 is 0 Å². The Morgan fingerprint density at radius 3 is 2.06 bits per heavy atom. The molecule has 0 saturated heterocycles. The van der Waals surface area contributed by atoms with E-state index in [4.69, 9.17) is 0 Å². The Morgan fingerprint density at radius 1 is 0.889 bits per heavy atom. The van der Waals surface area contributed by atoms with Crippen molar-refractivity contribution in [3.05, 3.63) is 54.5 Å². The molecule has 0 aliphatic carbocycles. The Labute approximate surface area is 113 Å². The first kappa shape index (κ1) is 15.0. The van der Waals surface area contributed by atoms with Crippen molar-refractivity contribution < 1.29 is 0 Å². The van der Waals surface area contributed by atoms with Crippen molar-refractivity contribution >= 4 is 0 Å². The number of hydrogen-bond acceptors (Lipinski definition) is 0. The van der Waals surface area contributed by atoms with Gasteiger partial charge in [-0.05, 0) is 50.2 Å². The smallest absolute Gasteiger partial charge is 0.0276 e. The number of aryl methyl sites for hydroxylation is 2. The van der Waals surface area contributed by atoms with Gasteiger partial charge in [-0.15, -0.1) is 0 Å². The summed E-state index contributed by atoms with van der Waals surface area (Å²) in [5.41, 5.74) is 2.96. The molecule has 0 N–H and O–H groups in total. The van der Waals surface area contributed by atoms with Gasteiger partial charge in [0.2, 0.25) is 0 Å². The molecule has 1 aromatic carbocycles. The predicted molar refractivity (Wildman–Crippen MR) is 81.7 cm³/mol. The van der Waals surface area contributed by atoms with Crippen LogP contribution < -0.4 is 0 Å². The van der Waals surface area contributed by atoms with E-state index in [1.54, 1.807) is 0 Å². The van der Waals surface area contributed by atoms with Crippen LogP contribution in [0.15, 0.2) is 36.4 Å². The van der Waals surface area contributed by atoms with Gasteiger partial charge in [-0.1, -0.05) is 62.6 Å². The Balaban J connectivity index is 2.24. The number of unbranched alkanes of at least 4 members (excludes halogenated alkanes) is 4. The number of hydrogen-bond donors (Lipinski definition) is 0. The minimum atomic E-state index is 1.14. The first-order chi connectivity index (χ1) is 8.86. The van der Waals surface area contributed by atoms with Crippen LogP contribution in [0.1, 0.15) is 56.6 Å². The Kier molecular flexibility index (Phi) is 8.29. The van der Waals surface area contributed by atoms with Crippen LogP contribution in [-0.2, 0) is 12.8 Å². The molecule has 0 aromatic heterocycles. The van der Waals surface area contributed by atoms with Crippen LogP contribution in [0.5, 0.6) is 0 Å². The van der Waals surface area contributed by atoms with E-state index < -0.39 is 0 Å². The zero-order valence-corrected chi connectivity index (χ0v) is 11.8. The summed E-state index contributed by atoms with van der Waals surface area (Å²) in [6.07, 6.45) is 14.2. The molecule has 0 nitrogen and oxygen atoms in total. The number of rotatable bonds is 9. The van der Waals surface area contributed by atoms with Gasteiger partial charge in [0.05, 0.1) is 0 Å². The fourth-order valence-corrected chi connectivity index (χ4v) is 2.17. The van der Waals surface area contributed by atoms with E-state index in [2.05, 4.69) is 44.2 Å². The molecule has 0 bridgehead atoms. The van der Waals surface area contributed by atoms with Crippen molar-refractivity contribution in [3.8, 4) is 0 Å². The molecule has 0 heteroatoms. The number of allylic oxidation sites excluding steroid dienone is 2. The van der Waals surface area contributed by atoms with E-state index in [1.807, 2.05) is 6.08 Å². The molecule has 0 unspecified atom stereocenters. The standard InChI is InChI=1S/C18H27/c1-3-5-7-9-11-17-13-15-18(16-14-17)12-10-8-6-4-2/h3,5,13-16H,1,4,6-12H2,2H3/b5-3+. The lowest BCUT2D eigenvalue weighted by Gasteiger charge is -2.04. The van der Waals surface area contributed by atoms with Gasteiger partial charge in [-0.3, -0.25) is 0 Å². The van der Waals surface area contributed by atoms with Crippen molar-refractivity contribution in [1.29, 1.82) is 0 Å². The van der Waals surface area contributed by atoms with E-state index in [0.717, 1.165) is 6.42 Å². The molecular weight excluding hydrogens is 216 g/mol. The highest BCUT2D eigenvalue weighted by molar-refractivity contribution is 5.22. The molecule has 0 amide bonds. The normalized spacial score (nSPS) is 11.2. The van der Waals surface area contributed by atoms with Gasteiger partial charge in [-0.25, -0.2) is 0 Å². The third-order valence-corrected chi connectivity index (χ3v) is 3.34. The topological polar surface area (TPSA) is 0 Å². The lowest BCUT2D eigenvalue weighted by molar-refractivity contribution is 0.666. The van der Waals surface area contributed by atoms with Gasteiger partial charge < -0.3 is 0 Å². The molecule has 0 fully saturated rings. The summed E-state index contributed by atoms with van der Waals surface area (Å²) in [6, 6.07) is 9.20. The van der Waals surface area contributed by atoms with E-state index in [1.165, 1.54) is 56.1 Å². The maximum Gasteiger partial charge on any atom is -0.0276 e. The van der Waals surface area contributed by atoms with Crippen molar-refractivity contribution in [2.45, 2.75) is 58.3 Å². The van der Waals surface area contributed by atoms with Crippen molar-refractivity contribution in [2.24, 2.45) is 0 Å². The molecular formula is C18H27. The summed E-state index contributed by atoms with van der Waals surface area (Å²) in [5, 5.41) is 0. The van der Waals surface area contributed by atoms with E-state index >= 15 is 0 Å². The second kappa shape index (κ2) is 9.94. The lowest BCUT2D eigenvalue weighted by atomic mass is 10.0. The molecule has 1 aromatic rings. The highest BCUT2D eigenvalue weighted by Crippen LogP contribution is 2.11. The van der Waals surface area contributed by atoms with E-state index in [-0.39, 0.29) is 0 Å². The molecule has 0 aliphatic rings. The Hall–Kier alpha value is -1.04. The predicted octanol–water partition coefficient (Wildman–Crippen LogP) is 5.52. The summed E-state index contributed by atoms with van der Waals surface area (Å²) in [4.78, 5) is 0. The average Bonchev–Trinajstić information content (AvgIpc) is 2.41. The van der Waals surface area contributed by atoms with Gasteiger partial charge in [-0.2, -0.15) is 0 Å². The van der Waals surface area contributed by atoms with Gasteiger partial charge >= 0.3 is 0 Å². The van der Waals surface area contributed by atoms with Crippen molar-refractivity contribution in [1.82, 2.24) is 0 Å². The first-order valence-electron chi connectivity index (χ1n) is 7.39. The molecule has 99 valence electrons. The molecule has 18 heavy (non-hydrogen) atoms. The summed E-state index contributed by atoms with van der Waals surface area (Å²) < 4.78 is 0. The SMILES string of the molecule is [CH2]/C=C/CCCc1ccc(CCCCCC)cc1. The maximum absolute atomic E-state index is 3.70. The lowest BCUT2D eigenvalue weighted by Crippen LogP contribution is -1.89. The summed E-state index contributed by atoms with van der Waals surface area (Å²) in [5.74, 6) is 0. The van der Waals surface area contributed by atoms with Crippen LogP contribution in [0, 0.1) is 6.92 Å². The van der Waals surface area contributed by atoms with Gasteiger partial charge in [0.1, 0.15) is 0 Å². The highest BCUT2D eigenvalue weighted by Gasteiger charge is 1.95. The monoisotopic (exact) mass is 243 g/mol. The molecule has 0 spiro atoms. The highest BCUT2D eigenvalue weighted by atomic mass is 14.0. The summed E-state index contributed by atoms with van der Waals surface area (Å²) in [6.45, 7) is 5.97. The fraction of sp³-hybridized carbons (Fsp3) is 0.500. The third-order valence-electron chi connectivity index (χ3n) is 3.34. The van der Waals surface area contributed by atoms with Gasteiger partial charge in [0.25, 0.3) is 0 Å². The Morgan fingerprint density at radius 2 is 1.50 bits per heavy atom. The summed E-state index contributed by atoms with van der Waals surface area (Å²) >= 11 is 0. The zero-order chi connectivity index (χ0) is 13.1. The molecule has 1 radical (unpaired) electrons. The molecule has 0 aliphatic heterocycles.